The van der Waals surface area contributed by atoms with E-state index in [9.17, 15) is 9.59 Å². The van der Waals surface area contributed by atoms with E-state index < -0.39 is 5.97 Å². The van der Waals surface area contributed by atoms with Gasteiger partial charge >= 0.3 is 5.97 Å². The molecule has 12 heteroatoms. The largest absolute Gasteiger partial charge is 0.493 e. The van der Waals surface area contributed by atoms with E-state index in [4.69, 9.17) is 29.3 Å². The number of amides is 1. The minimum atomic E-state index is -1.09. The zero-order valence-electron chi connectivity index (χ0n) is 20.4. The fourth-order valence-electron chi connectivity index (χ4n) is 4.31. The number of hydrogen-bond acceptors (Lipinski definition) is 10. The lowest BCUT2D eigenvalue weighted by Crippen LogP contribution is -2.37. The minimum absolute atomic E-state index is 0.0267. The van der Waals surface area contributed by atoms with Gasteiger partial charge in [-0.15, -0.1) is 0 Å². The Balaban J connectivity index is 1.30. The molecule has 192 valence electrons. The predicted octanol–water partition coefficient (Wildman–Crippen LogP) is 2.37. The number of anilines is 3. The minimum Gasteiger partial charge on any atom is -0.493 e. The Morgan fingerprint density at radius 1 is 1.11 bits per heavy atom. The molecule has 1 aromatic carbocycles. The number of carbonyl (C=O) groups excluding carboxylic acids is 1. The third-order valence-corrected chi connectivity index (χ3v) is 6.26. The molecule has 0 aliphatic carbocycles. The van der Waals surface area contributed by atoms with E-state index in [0.29, 0.717) is 56.0 Å². The zero-order chi connectivity index (χ0) is 25.9. The molecule has 4 heterocycles. The number of pyridine rings is 1. The molecule has 5 rings (SSSR count). The number of hydrogen-bond donors (Lipinski definition) is 3. The van der Waals surface area contributed by atoms with Crippen molar-refractivity contribution in [2.24, 2.45) is 0 Å². The molecule has 1 fully saturated rings. The summed E-state index contributed by atoms with van der Waals surface area (Å²) in [5, 5.41) is 15.3. The maximum Gasteiger partial charge on any atom is 0.337 e. The molecular weight excluding hydrogens is 480 g/mol. The number of rotatable bonds is 8. The van der Waals surface area contributed by atoms with Gasteiger partial charge in [0.1, 0.15) is 11.5 Å². The van der Waals surface area contributed by atoms with Gasteiger partial charge in [-0.05, 0) is 30.7 Å². The molecule has 1 atom stereocenters. The Morgan fingerprint density at radius 3 is 2.68 bits per heavy atom. The van der Waals surface area contributed by atoms with Crippen molar-refractivity contribution in [1.82, 2.24) is 20.3 Å². The van der Waals surface area contributed by atoms with Gasteiger partial charge in [0.15, 0.2) is 11.5 Å². The Hall–Kier alpha value is -4.45. The first-order valence-electron chi connectivity index (χ1n) is 11.7. The number of nitrogens with zero attached hydrogens (tertiary/aromatic N) is 4. The molecule has 2 aliphatic rings. The molecule has 3 N–H and O–H groups in total. The summed E-state index contributed by atoms with van der Waals surface area (Å²) >= 11 is 0. The van der Waals surface area contributed by atoms with Crippen molar-refractivity contribution in [3.63, 3.8) is 0 Å². The molecule has 12 nitrogen and oxygen atoms in total. The second kappa shape index (κ2) is 10.3. The van der Waals surface area contributed by atoms with Gasteiger partial charge < -0.3 is 34.9 Å². The highest BCUT2D eigenvalue weighted by atomic mass is 16.5. The average Bonchev–Trinajstić information content (AvgIpc) is 3.58. The van der Waals surface area contributed by atoms with Gasteiger partial charge in [-0.3, -0.25) is 9.78 Å². The molecule has 1 unspecified atom stereocenters. The Morgan fingerprint density at radius 2 is 1.95 bits per heavy atom. The second-order valence-corrected chi connectivity index (χ2v) is 8.63. The second-order valence-electron chi connectivity index (χ2n) is 8.63. The molecule has 1 saturated heterocycles. The zero-order valence-corrected chi connectivity index (χ0v) is 20.4. The number of aromatic nitrogens is 3. The number of carboxylic acid groups (broad SMARTS) is 1. The first-order valence-corrected chi connectivity index (χ1v) is 11.7. The fraction of sp³-hybridized carbons (Fsp3) is 0.320. The van der Waals surface area contributed by atoms with Gasteiger partial charge in [0, 0.05) is 42.6 Å². The first-order chi connectivity index (χ1) is 17.9. The van der Waals surface area contributed by atoms with E-state index in [1.165, 1.54) is 18.3 Å². The van der Waals surface area contributed by atoms with E-state index in [-0.39, 0.29) is 23.2 Å². The standard InChI is InChI=1S/C25H26N6O6/c1-35-20-6-4-15(9-21(20)36-2)27-22-17-12-37-13-19(17)29-25(30-22)31-8-7-16(11-31)28-23(32)18-5-3-14(10-26-18)24(33)34/h3-6,9-10,16H,7-8,11-13H2,1-2H3,(H,28,32)(H,33,34)(H,27,29,30). The summed E-state index contributed by atoms with van der Waals surface area (Å²) in [4.78, 5) is 39.1. The lowest BCUT2D eigenvalue weighted by atomic mass is 10.2. The van der Waals surface area contributed by atoms with E-state index in [1.807, 2.05) is 23.1 Å². The van der Waals surface area contributed by atoms with Crippen molar-refractivity contribution < 1.29 is 28.9 Å². The van der Waals surface area contributed by atoms with Gasteiger partial charge in [-0.25, -0.2) is 9.78 Å². The topological polar surface area (TPSA) is 148 Å². The van der Waals surface area contributed by atoms with Gasteiger partial charge in [0.25, 0.3) is 5.91 Å². The molecule has 0 saturated carbocycles. The Labute approximate surface area is 212 Å². The quantitative estimate of drug-likeness (QED) is 0.413. The van der Waals surface area contributed by atoms with Crippen LogP contribution < -0.4 is 25.0 Å². The number of carboxylic acids is 1. The van der Waals surface area contributed by atoms with Crippen LogP contribution in [0.1, 0.15) is 38.5 Å². The summed E-state index contributed by atoms with van der Waals surface area (Å²) in [6.45, 7) is 2.00. The molecule has 0 radical (unpaired) electrons. The fourth-order valence-corrected chi connectivity index (χ4v) is 4.31. The normalized spacial score (nSPS) is 16.3. The molecule has 2 aromatic heterocycles. The number of nitrogens with one attached hydrogen (secondary N) is 2. The molecule has 3 aromatic rings. The smallest absolute Gasteiger partial charge is 0.337 e. The SMILES string of the molecule is COc1ccc(Nc2nc(N3CCC(NC(=O)c4ccc(C(=O)O)cn4)C3)nc3c2COC3)cc1OC. The van der Waals surface area contributed by atoms with Crippen LogP contribution in [-0.4, -0.2) is 65.3 Å². The molecule has 0 bridgehead atoms. The molecular formula is C25H26N6O6. The van der Waals surface area contributed by atoms with Crippen LogP contribution in [0.15, 0.2) is 36.5 Å². The number of benzene rings is 1. The van der Waals surface area contributed by atoms with Crippen molar-refractivity contribution in [2.75, 3.05) is 37.5 Å². The van der Waals surface area contributed by atoms with E-state index >= 15 is 0 Å². The average molecular weight is 507 g/mol. The third kappa shape index (κ3) is 5.09. The highest BCUT2D eigenvalue weighted by molar-refractivity contribution is 5.94. The number of aromatic carboxylic acids is 1. The van der Waals surface area contributed by atoms with E-state index in [0.717, 1.165) is 16.9 Å². The summed E-state index contributed by atoms with van der Waals surface area (Å²) < 4.78 is 16.4. The van der Waals surface area contributed by atoms with Gasteiger partial charge in [0.05, 0.1) is 38.7 Å². The van der Waals surface area contributed by atoms with Crippen LogP contribution in [0, 0.1) is 0 Å². The lowest BCUT2D eigenvalue weighted by molar-refractivity contribution is 0.0695. The van der Waals surface area contributed by atoms with Crippen molar-refractivity contribution >= 4 is 29.3 Å². The van der Waals surface area contributed by atoms with Crippen molar-refractivity contribution in [1.29, 1.82) is 0 Å². The highest BCUT2D eigenvalue weighted by Gasteiger charge is 2.29. The Bertz CT molecular complexity index is 1330. The lowest BCUT2D eigenvalue weighted by Gasteiger charge is -2.19. The van der Waals surface area contributed by atoms with Crippen LogP contribution in [0.4, 0.5) is 17.5 Å². The van der Waals surface area contributed by atoms with Crippen LogP contribution in [0.3, 0.4) is 0 Å². The summed E-state index contributed by atoms with van der Waals surface area (Å²) in [7, 11) is 3.17. The summed E-state index contributed by atoms with van der Waals surface area (Å²) in [5.74, 6) is 0.976. The molecule has 0 spiro atoms. The first kappa shape index (κ1) is 24.3. The molecule has 37 heavy (non-hydrogen) atoms. The van der Waals surface area contributed by atoms with Crippen LogP contribution in [0.5, 0.6) is 11.5 Å². The van der Waals surface area contributed by atoms with Crippen LogP contribution in [0.25, 0.3) is 0 Å². The number of fused-ring (bicyclic) bond motifs is 1. The van der Waals surface area contributed by atoms with Crippen molar-refractivity contribution in [3.05, 3.63) is 59.0 Å². The van der Waals surface area contributed by atoms with Gasteiger partial charge in [-0.1, -0.05) is 0 Å². The predicted molar refractivity (Wildman–Crippen MR) is 133 cm³/mol. The molecule has 2 aliphatic heterocycles. The summed E-state index contributed by atoms with van der Waals surface area (Å²) in [6, 6.07) is 8.16. The van der Waals surface area contributed by atoms with Crippen LogP contribution in [-0.2, 0) is 18.0 Å². The van der Waals surface area contributed by atoms with E-state index in [1.54, 1.807) is 14.2 Å². The van der Waals surface area contributed by atoms with Crippen molar-refractivity contribution in [3.8, 4) is 11.5 Å². The van der Waals surface area contributed by atoms with Gasteiger partial charge in [-0.2, -0.15) is 4.98 Å². The molecule has 1 amide bonds. The van der Waals surface area contributed by atoms with Crippen LogP contribution in [0.2, 0.25) is 0 Å². The highest BCUT2D eigenvalue weighted by Crippen LogP contribution is 2.34. The maximum atomic E-state index is 12.6. The van der Waals surface area contributed by atoms with Crippen molar-refractivity contribution in [2.45, 2.75) is 25.7 Å². The van der Waals surface area contributed by atoms with Crippen LogP contribution >= 0.6 is 0 Å². The summed E-state index contributed by atoms with van der Waals surface area (Å²) in [5.41, 5.74) is 2.70. The number of methoxy groups -OCH3 is 2. The monoisotopic (exact) mass is 506 g/mol. The number of carbonyl (C=O) groups is 2. The number of ether oxygens (including phenoxy) is 3. The summed E-state index contributed by atoms with van der Waals surface area (Å²) in [6.07, 6.45) is 1.87. The van der Waals surface area contributed by atoms with E-state index in [2.05, 4.69) is 15.6 Å². The van der Waals surface area contributed by atoms with Gasteiger partial charge in [0.2, 0.25) is 5.95 Å². The Kier molecular flexibility index (Phi) is 6.73. The maximum absolute atomic E-state index is 12.6. The third-order valence-electron chi connectivity index (χ3n) is 6.26.